The van der Waals surface area contributed by atoms with Crippen molar-refractivity contribution in [3.63, 3.8) is 0 Å². The molecule has 6 nitrogen and oxygen atoms in total. The molecule has 0 radical (unpaired) electrons. The van der Waals surface area contributed by atoms with E-state index in [2.05, 4.69) is 38.2 Å². The van der Waals surface area contributed by atoms with E-state index in [1.807, 2.05) is 7.05 Å². The van der Waals surface area contributed by atoms with Gasteiger partial charge in [0.15, 0.2) is 0 Å². The summed E-state index contributed by atoms with van der Waals surface area (Å²) in [7, 11) is 2.02. The zero-order valence-corrected chi connectivity index (χ0v) is 32.9. The van der Waals surface area contributed by atoms with E-state index >= 15 is 0 Å². The van der Waals surface area contributed by atoms with Crippen LogP contribution in [0.5, 0.6) is 0 Å². The van der Waals surface area contributed by atoms with Crippen LogP contribution in [0.3, 0.4) is 0 Å². The Bertz CT molecular complexity index is 722. The van der Waals surface area contributed by atoms with Gasteiger partial charge in [-0.15, -0.1) is 0 Å². The highest BCUT2D eigenvalue weighted by molar-refractivity contribution is 5.69. The van der Waals surface area contributed by atoms with Crippen LogP contribution in [-0.4, -0.2) is 68.0 Å². The highest BCUT2D eigenvalue weighted by Crippen LogP contribution is 2.13. The van der Waals surface area contributed by atoms with Crippen LogP contribution in [0.15, 0.2) is 24.3 Å². The Morgan fingerprint density at radius 2 is 0.776 bits per heavy atom. The number of carbonyl (C=O) groups is 2. The number of likely N-dealkylation sites (N-methyl/N-ethyl adjacent to an activating group) is 1. The number of rotatable bonds is 38. The Hall–Kier alpha value is -1.66. The highest BCUT2D eigenvalue weighted by Gasteiger charge is 2.22. The lowest BCUT2D eigenvalue weighted by molar-refractivity contribution is -0.910. The molecule has 0 aliphatic heterocycles. The maximum atomic E-state index is 12.2. The molecule has 0 aliphatic rings. The molecule has 6 heteroatoms. The summed E-state index contributed by atoms with van der Waals surface area (Å²) < 4.78 is 11.5. The lowest BCUT2D eigenvalue weighted by atomic mass is 10.1. The van der Waals surface area contributed by atoms with Gasteiger partial charge in [-0.2, -0.15) is 0 Å². The molecule has 49 heavy (non-hydrogen) atoms. The Labute approximate surface area is 304 Å². The second-order valence-corrected chi connectivity index (χ2v) is 14.6. The molecule has 0 fully saturated rings. The van der Waals surface area contributed by atoms with Crippen LogP contribution < -0.4 is 0 Å². The Morgan fingerprint density at radius 3 is 1.10 bits per heavy atom. The van der Waals surface area contributed by atoms with Gasteiger partial charge >= 0.3 is 11.9 Å². The molecule has 0 rings (SSSR count). The first-order valence-electron chi connectivity index (χ1n) is 21.0. The summed E-state index contributed by atoms with van der Waals surface area (Å²) in [5.41, 5.74) is 0. The molecule has 0 atom stereocenters. The summed E-state index contributed by atoms with van der Waals surface area (Å²) in [6.07, 6.45) is 42.5. The van der Waals surface area contributed by atoms with Crippen LogP contribution in [-0.2, 0) is 19.1 Å². The fourth-order valence-corrected chi connectivity index (χ4v) is 6.16. The molecule has 0 bridgehead atoms. The maximum absolute atomic E-state index is 12.2. The summed E-state index contributed by atoms with van der Waals surface area (Å²) in [5.74, 6) is -0.274. The molecule has 0 unspecified atom stereocenters. The van der Waals surface area contributed by atoms with Gasteiger partial charge in [0, 0.05) is 12.8 Å². The first-order chi connectivity index (χ1) is 24.0. The summed E-state index contributed by atoms with van der Waals surface area (Å²) in [5, 5.41) is 9.59. The van der Waals surface area contributed by atoms with Crippen molar-refractivity contribution in [3.8, 4) is 0 Å². The van der Waals surface area contributed by atoms with Gasteiger partial charge in [-0.05, 0) is 64.2 Å². The molecule has 0 aromatic carbocycles. The molecule has 0 saturated heterocycles. The van der Waals surface area contributed by atoms with Crippen LogP contribution in [0.2, 0.25) is 0 Å². The number of hydrogen-bond acceptors (Lipinski definition) is 5. The summed E-state index contributed by atoms with van der Waals surface area (Å²) >= 11 is 0. The van der Waals surface area contributed by atoms with Crippen LogP contribution in [0, 0.1) is 0 Å². The molecule has 0 amide bonds. The molecule has 0 aromatic heterocycles. The third-order valence-corrected chi connectivity index (χ3v) is 9.71. The van der Waals surface area contributed by atoms with Crippen molar-refractivity contribution in [2.75, 3.05) is 46.5 Å². The van der Waals surface area contributed by atoms with Gasteiger partial charge < -0.3 is 19.1 Å². The van der Waals surface area contributed by atoms with Crippen LogP contribution in [0.1, 0.15) is 194 Å². The van der Waals surface area contributed by atoms with Gasteiger partial charge in [-0.25, -0.2) is 0 Å². The van der Waals surface area contributed by atoms with Crippen LogP contribution in [0.4, 0.5) is 0 Å². The quantitative estimate of drug-likeness (QED) is 0.0302. The van der Waals surface area contributed by atoms with Crippen molar-refractivity contribution in [2.24, 2.45) is 0 Å². The van der Waals surface area contributed by atoms with Crippen molar-refractivity contribution in [3.05, 3.63) is 24.3 Å². The van der Waals surface area contributed by atoms with E-state index in [0.29, 0.717) is 50.2 Å². The molecule has 0 spiro atoms. The predicted molar refractivity (Wildman–Crippen MR) is 209 cm³/mol. The lowest BCUT2D eigenvalue weighted by Gasteiger charge is -2.33. The van der Waals surface area contributed by atoms with Gasteiger partial charge in [-0.1, -0.05) is 141 Å². The number of nitrogens with zero attached hydrogens (tertiary/aromatic N) is 1. The van der Waals surface area contributed by atoms with Crippen molar-refractivity contribution in [1.29, 1.82) is 0 Å². The van der Waals surface area contributed by atoms with Gasteiger partial charge in [0.2, 0.25) is 0 Å². The number of aliphatic hydroxyl groups excluding tert-OH is 1. The number of quaternary nitrogens is 1. The Kier molecular flexibility index (Phi) is 36.3. The van der Waals surface area contributed by atoms with Crippen molar-refractivity contribution in [2.45, 2.75) is 194 Å². The largest absolute Gasteiger partial charge is 0.460 e. The molecule has 288 valence electrons. The van der Waals surface area contributed by atoms with E-state index in [0.717, 1.165) is 25.7 Å². The first-order valence-corrected chi connectivity index (χ1v) is 21.0. The third-order valence-electron chi connectivity index (χ3n) is 9.71. The fraction of sp³-hybridized carbons (Fsp3) is 0.860. The van der Waals surface area contributed by atoms with Gasteiger partial charge in [-0.3, -0.25) is 9.59 Å². The monoisotopic (exact) mass is 693 g/mol. The molecule has 1 N–H and O–H groups in total. The second-order valence-electron chi connectivity index (χ2n) is 14.6. The molecular weight excluding hydrogens is 610 g/mol. The van der Waals surface area contributed by atoms with E-state index in [1.165, 1.54) is 141 Å². The van der Waals surface area contributed by atoms with Crippen LogP contribution in [0.25, 0.3) is 0 Å². The third kappa shape index (κ3) is 36.0. The zero-order chi connectivity index (χ0) is 35.9. The summed E-state index contributed by atoms with van der Waals surface area (Å²) in [4.78, 5) is 24.5. The standard InChI is InChI=1S/C43H82NO5/c1-4-6-8-10-12-14-16-18-20-22-24-26-28-30-32-34-42(46)48-40-37-44(3,36-39-45)38-41-49-43(47)35-33-31-29-27-25-23-21-19-17-15-13-11-9-7-5-2/h16-19,45H,4-15,20-41H2,1-3H3/q+1. The first kappa shape index (κ1) is 47.3. The zero-order valence-electron chi connectivity index (χ0n) is 32.9. The predicted octanol–water partition coefficient (Wildman–Crippen LogP) is 11.6. The molecular formula is C43H82NO5+. The number of hydrogen-bond donors (Lipinski definition) is 1. The van der Waals surface area contributed by atoms with Crippen molar-refractivity contribution >= 4 is 11.9 Å². The van der Waals surface area contributed by atoms with E-state index in [1.54, 1.807) is 0 Å². The normalized spacial score (nSPS) is 13.0. The number of esters is 2. The number of allylic oxidation sites excluding steroid dienone is 4. The minimum absolute atomic E-state index is 0.0449. The topological polar surface area (TPSA) is 72.8 Å². The maximum Gasteiger partial charge on any atom is 0.305 e. The minimum Gasteiger partial charge on any atom is -0.460 e. The van der Waals surface area contributed by atoms with Gasteiger partial charge in [0.05, 0.1) is 13.7 Å². The Balaban J connectivity index is 3.74. The molecule has 0 saturated carbocycles. The average Bonchev–Trinajstić information content (AvgIpc) is 3.08. The second kappa shape index (κ2) is 37.6. The van der Waals surface area contributed by atoms with Crippen molar-refractivity contribution < 1.29 is 28.7 Å². The van der Waals surface area contributed by atoms with Crippen molar-refractivity contribution in [1.82, 2.24) is 0 Å². The van der Waals surface area contributed by atoms with E-state index in [9.17, 15) is 14.7 Å². The number of unbranched alkanes of at least 4 members (excludes halogenated alkanes) is 22. The van der Waals surface area contributed by atoms with E-state index in [4.69, 9.17) is 9.47 Å². The average molecular weight is 693 g/mol. The summed E-state index contributed by atoms with van der Waals surface area (Å²) in [6, 6.07) is 0. The fourth-order valence-electron chi connectivity index (χ4n) is 6.16. The SMILES string of the molecule is CCCCCCCC=CCCCCCCCCC(=O)OCC[N+](C)(CCO)CCOC(=O)CCCCCCCCC=CCCCCCCC. The minimum atomic E-state index is -0.137. The van der Waals surface area contributed by atoms with E-state index < -0.39 is 0 Å². The number of carbonyl (C=O) groups excluding carboxylic acids is 2. The van der Waals surface area contributed by atoms with Crippen LogP contribution >= 0.6 is 0 Å². The molecule has 0 aromatic rings. The van der Waals surface area contributed by atoms with E-state index in [-0.39, 0.29) is 18.5 Å². The molecule has 0 aliphatic carbocycles. The lowest BCUT2D eigenvalue weighted by Crippen LogP contribution is -2.50. The van der Waals surface area contributed by atoms with Gasteiger partial charge in [0.25, 0.3) is 0 Å². The number of aliphatic hydroxyl groups is 1. The molecule has 0 heterocycles. The number of ether oxygens (including phenoxy) is 2. The summed E-state index contributed by atoms with van der Waals surface area (Å²) in [6.45, 7) is 6.96. The smallest absolute Gasteiger partial charge is 0.305 e. The van der Waals surface area contributed by atoms with Gasteiger partial charge in [0.1, 0.15) is 32.8 Å². The highest BCUT2D eigenvalue weighted by atomic mass is 16.5. The Morgan fingerprint density at radius 1 is 0.469 bits per heavy atom.